The Balaban J connectivity index is 2.14. The van der Waals surface area contributed by atoms with Crippen molar-refractivity contribution in [1.82, 2.24) is 0 Å². The van der Waals surface area contributed by atoms with E-state index >= 15 is 0 Å². The first kappa shape index (κ1) is 15.1. The lowest BCUT2D eigenvalue weighted by Crippen LogP contribution is -2.13. The van der Waals surface area contributed by atoms with E-state index in [2.05, 4.69) is 15.9 Å². The lowest BCUT2D eigenvalue weighted by atomic mass is 10.1. The van der Waals surface area contributed by atoms with Gasteiger partial charge in [0.25, 0.3) is 0 Å². The van der Waals surface area contributed by atoms with E-state index < -0.39 is 0 Å². The maximum atomic E-state index is 12.1. The van der Waals surface area contributed by atoms with Gasteiger partial charge in [0.05, 0.1) is 0 Å². The van der Waals surface area contributed by atoms with Crippen LogP contribution in [0.5, 0.6) is 5.75 Å². The molecule has 0 aromatic heterocycles. The maximum absolute atomic E-state index is 12.1. The summed E-state index contributed by atoms with van der Waals surface area (Å²) in [6.45, 7) is 3.83. The van der Waals surface area contributed by atoms with Crippen molar-refractivity contribution in [2.45, 2.75) is 13.8 Å². The molecule has 2 aromatic carbocycles. The van der Waals surface area contributed by atoms with E-state index in [1.54, 1.807) is 6.07 Å². The first-order valence-electron chi connectivity index (χ1n) is 6.16. The number of ether oxygens (including phenoxy) is 1. The summed E-state index contributed by atoms with van der Waals surface area (Å²) in [6.07, 6.45) is 0. The van der Waals surface area contributed by atoms with E-state index in [1.165, 1.54) is 0 Å². The fourth-order valence-corrected chi connectivity index (χ4v) is 2.86. The summed E-state index contributed by atoms with van der Waals surface area (Å²) in [6, 6.07) is 11.0. The average molecular weight is 354 g/mol. The lowest BCUT2D eigenvalue weighted by Gasteiger charge is -2.12. The number of halogens is 2. The Morgan fingerprint density at radius 1 is 1.20 bits per heavy atom. The molecule has 4 heteroatoms. The summed E-state index contributed by atoms with van der Waals surface area (Å²) in [7, 11) is 0. The molecule has 104 valence electrons. The second kappa shape index (κ2) is 6.42. The molecule has 0 atom stereocenters. The molecule has 0 N–H and O–H groups in total. The fraction of sp³-hybridized carbons (Fsp3) is 0.188. The first-order chi connectivity index (χ1) is 9.49. The van der Waals surface area contributed by atoms with E-state index in [0.717, 1.165) is 21.3 Å². The maximum Gasteiger partial charge on any atom is 0.201 e. The van der Waals surface area contributed by atoms with Crippen molar-refractivity contribution < 1.29 is 9.53 Å². The Morgan fingerprint density at radius 2 is 1.80 bits per heavy atom. The second-order valence-electron chi connectivity index (χ2n) is 4.56. The molecule has 0 fully saturated rings. The van der Waals surface area contributed by atoms with E-state index in [0.29, 0.717) is 10.6 Å². The largest absolute Gasteiger partial charge is 0.485 e. The molecule has 0 amide bonds. The summed E-state index contributed by atoms with van der Waals surface area (Å²) < 4.78 is 6.44. The highest BCUT2D eigenvalue weighted by atomic mass is 79.9. The van der Waals surface area contributed by atoms with Crippen LogP contribution in [-0.2, 0) is 0 Å². The zero-order valence-corrected chi connectivity index (χ0v) is 13.6. The van der Waals surface area contributed by atoms with Crippen LogP contribution in [0.3, 0.4) is 0 Å². The van der Waals surface area contributed by atoms with Crippen LogP contribution in [0.25, 0.3) is 0 Å². The van der Waals surface area contributed by atoms with Gasteiger partial charge in [-0.15, -0.1) is 0 Å². The highest BCUT2D eigenvalue weighted by Gasteiger charge is 2.12. The van der Waals surface area contributed by atoms with Crippen LogP contribution in [0.2, 0.25) is 5.02 Å². The number of aryl methyl sites for hydroxylation is 2. The lowest BCUT2D eigenvalue weighted by molar-refractivity contribution is 0.0920. The topological polar surface area (TPSA) is 26.3 Å². The van der Waals surface area contributed by atoms with Gasteiger partial charge in [0.15, 0.2) is 6.61 Å². The zero-order chi connectivity index (χ0) is 14.7. The molecule has 0 aliphatic carbocycles. The van der Waals surface area contributed by atoms with E-state index in [1.807, 2.05) is 44.2 Å². The van der Waals surface area contributed by atoms with Crippen LogP contribution in [0.15, 0.2) is 40.9 Å². The molecular weight excluding hydrogens is 340 g/mol. The molecule has 0 bridgehead atoms. The van der Waals surface area contributed by atoms with Crippen LogP contribution in [0.1, 0.15) is 21.5 Å². The number of hydrogen-bond acceptors (Lipinski definition) is 2. The van der Waals surface area contributed by atoms with Crippen LogP contribution in [0, 0.1) is 13.8 Å². The van der Waals surface area contributed by atoms with Gasteiger partial charge < -0.3 is 4.74 Å². The van der Waals surface area contributed by atoms with Gasteiger partial charge in [0.1, 0.15) is 5.75 Å². The van der Waals surface area contributed by atoms with Crippen molar-refractivity contribution in [2.24, 2.45) is 0 Å². The minimum absolute atomic E-state index is 0.00588. The van der Waals surface area contributed by atoms with Crippen LogP contribution in [0.4, 0.5) is 0 Å². The molecule has 0 aliphatic heterocycles. The van der Waals surface area contributed by atoms with Gasteiger partial charge in [0.2, 0.25) is 5.78 Å². The predicted octanol–water partition coefficient (Wildman–Crippen LogP) is 4.98. The van der Waals surface area contributed by atoms with Crippen LogP contribution >= 0.6 is 27.5 Å². The summed E-state index contributed by atoms with van der Waals surface area (Å²) in [5, 5.41) is 0.671. The minimum Gasteiger partial charge on any atom is -0.485 e. The Morgan fingerprint density at radius 3 is 2.40 bits per heavy atom. The molecule has 0 saturated carbocycles. The monoisotopic (exact) mass is 352 g/mol. The molecule has 0 aliphatic rings. The molecule has 0 heterocycles. The van der Waals surface area contributed by atoms with E-state index in [4.69, 9.17) is 16.3 Å². The average Bonchev–Trinajstić information content (AvgIpc) is 2.37. The molecule has 0 radical (unpaired) electrons. The van der Waals surface area contributed by atoms with Crippen molar-refractivity contribution in [2.75, 3.05) is 6.61 Å². The van der Waals surface area contributed by atoms with Crippen molar-refractivity contribution in [3.8, 4) is 5.75 Å². The SMILES string of the molecule is Cc1cc(Cl)cc(C)c1OCC(=O)c1ccccc1Br. The molecule has 0 saturated heterocycles. The smallest absolute Gasteiger partial charge is 0.201 e. The molecule has 2 aromatic rings. The first-order valence-corrected chi connectivity index (χ1v) is 7.33. The molecule has 2 nitrogen and oxygen atoms in total. The molecule has 0 unspecified atom stereocenters. The number of benzene rings is 2. The Bertz CT molecular complexity index is 630. The summed E-state index contributed by atoms with van der Waals surface area (Å²) in [5.41, 5.74) is 2.47. The van der Waals surface area contributed by atoms with Gasteiger partial charge in [-0.05, 0) is 43.2 Å². The summed E-state index contributed by atoms with van der Waals surface area (Å²) in [4.78, 5) is 12.1. The van der Waals surface area contributed by atoms with Gasteiger partial charge in [-0.2, -0.15) is 0 Å². The molecule has 0 spiro atoms. The number of hydrogen-bond donors (Lipinski definition) is 0. The van der Waals surface area contributed by atoms with Gasteiger partial charge >= 0.3 is 0 Å². The Hall–Kier alpha value is -1.32. The van der Waals surface area contributed by atoms with Crippen molar-refractivity contribution >= 4 is 33.3 Å². The number of ketones is 1. The van der Waals surface area contributed by atoms with Gasteiger partial charge in [0, 0.05) is 15.1 Å². The number of carbonyl (C=O) groups is 1. The Labute approximate surface area is 131 Å². The molecule has 20 heavy (non-hydrogen) atoms. The quantitative estimate of drug-likeness (QED) is 0.725. The number of carbonyl (C=O) groups excluding carboxylic acids is 1. The van der Waals surface area contributed by atoms with Gasteiger partial charge in [-0.1, -0.05) is 45.7 Å². The molecular formula is C16H14BrClO2. The van der Waals surface area contributed by atoms with Crippen LogP contribution in [-0.4, -0.2) is 12.4 Å². The standard InChI is InChI=1S/C16H14BrClO2/c1-10-7-12(18)8-11(2)16(10)20-9-15(19)13-5-3-4-6-14(13)17/h3-8H,9H2,1-2H3. The third-order valence-electron chi connectivity index (χ3n) is 2.95. The Kier molecular flexibility index (Phi) is 4.84. The normalized spacial score (nSPS) is 10.4. The highest BCUT2D eigenvalue weighted by Crippen LogP contribution is 2.27. The third kappa shape index (κ3) is 3.41. The third-order valence-corrected chi connectivity index (χ3v) is 3.86. The number of rotatable bonds is 4. The minimum atomic E-state index is -0.0637. The predicted molar refractivity (Wildman–Crippen MR) is 84.9 cm³/mol. The summed E-state index contributed by atoms with van der Waals surface area (Å²) >= 11 is 9.34. The highest BCUT2D eigenvalue weighted by molar-refractivity contribution is 9.10. The van der Waals surface area contributed by atoms with Crippen molar-refractivity contribution in [3.05, 3.63) is 62.6 Å². The van der Waals surface area contributed by atoms with Gasteiger partial charge in [-0.3, -0.25) is 4.79 Å². The summed E-state index contributed by atoms with van der Waals surface area (Å²) in [5.74, 6) is 0.654. The number of Topliss-reactive ketones (excluding diaryl/α,β-unsaturated/α-hetero) is 1. The van der Waals surface area contributed by atoms with E-state index in [-0.39, 0.29) is 12.4 Å². The zero-order valence-electron chi connectivity index (χ0n) is 11.2. The molecule has 2 rings (SSSR count). The van der Waals surface area contributed by atoms with Crippen molar-refractivity contribution in [1.29, 1.82) is 0 Å². The van der Waals surface area contributed by atoms with Crippen LogP contribution < -0.4 is 4.74 Å². The van der Waals surface area contributed by atoms with E-state index in [9.17, 15) is 4.79 Å². The van der Waals surface area contributed by atoms with Crippen molar-refractivity contribution in [3.63, 3.8) is 0 Å². The van der Waals surface area contributed by atoms with Gasteiger partial charge in [-0.25, -0.2) is 0 Å². The second-order valence-corrected chi connectivity index (χ2v) is 5.85. The fourth-order valence-electron chi connectivity index (χ4n) is 2.03.